The van der Waals surface area contributed by atoms with Crippen molar-refractivity contribution in [1.82, 2.24) is 19.1 Å². The second-order valence-electron chi connectivity index (χ2n) is 6.01. The minimum atomic E-state index is -0.120. The van der Waals surface area contributed by atoms with Gasteiger partial charge in [0.15, 0.2) is 11.3 Å². The molecule has 0 aliphatic heterocycles. The number of fused-ring (bicyclic) bond motifs is 1. The number of hydrogen-bond acceptors (Lipinski definition) is 3. The van der Waals surface area contributed by atoms with Crippen molar-refractivity contribution in [2.24, 2.45) is 0 Å². The van der Waals surface area contributed by atoms with Crippen LogP contribution >= 0.6 is 0 Å². The van der Waals surface area contributed by atoms with Crippen LogP contribution in [0, 0.1) is 0 Å². The fourth-order valence-electron chi connectivity index (χ4n) is 3.13. The molecule has 0 amide bonds. The van der Waals surface area contributed by atoms with Crippen LogP contribution in [-0.2, 0) is 6.54 Å². The molecule has 0 N–H and O–H groups in total. The molecule has 0 radical (unpaired) electrons. The summed E-state index contributed by atoms with van der Waals surface area (Å²) in [7, 11) is 0. The van der Waals surface area contributed by atoms with E-state index in [9.17, 15) is 4.79 Å². The molecule has 25 heavy (non-hydrogen) atoms. The Kier molecular flexibility index (Phi) is 3.90. The normalized spacial score (nSPS) is 12.4. The smallest absolute Gasteiger partial charge is 0.270 e. The summed E-state index contributed by atoms with van der Waals surface area (Å²) < 4.78 is 3.41. The predicted molar refractivity (Wildman–Crippen MR) is 97.6 cm³/mol. The van der Waals surface area contributed by atoms with Crippen molar-refractivity contribution in [3.05, 3.63) is 94.7 Å². The highest BCUT2D eigenvalue weighted by Gasteiger charge is 2.20. The molecule has 0 unspecified atom stereocenters. The Balaban J connectivity index is 1.88. The van der Waals surface area contributed by atoms with Crippen LogP contribution in [0.1, 0.15) is 24.1 Å². The Hall–Kier alpha value is -3.21. The summed E-state index contributed by atoms with van der Waals surface area (Å²) in [6, 6.07) is 19.8. The summed E-state index contributed by atoms with van der Waals surface area (Å²) in [5.74, 6) is 0. The van der Waals surface area contributed by atoms with E-state index in [1.165, 1.54) is 0 Å². The van der Waals surface area contributed by atoms with Gasteiger partial charge in [0.05, 0.1) is 12.6 Å². The molecule has 0 spiro atoms. The van der Waals surface area contributed by atoms with Crippen molar-refractivity contribution in [3.8, 4) is 0 Å². The van der Waals surface area contributed by atoms with Crippen LogP contribution in [-0.4, -0.2) is 19.1 Å². The third-order valence-corrected chi connectivity index (χ3v) is 4.43. The number of hydrogen-bond donors (Lipinski definition) is 0. The highest BCUT2D eigenvalue weighted by atomic mass is 16.2. The van der Waals surface area contributed by atoms with Gasteiger partial charge < -0.3 is 0 Å². The first kappa shape index (κ1) is 15.3. The largest absolute Gasteiger partial charge is 0.332 e. The van der Waals surface area contributed by atoms with Gasteiger partial charge in [-0.15, -0.1) is 0 Å². The van der Waals surface area contributed by atoms with Crippen LogP contribution in [0.25, 0.3) is 11.3 Å². The first-order chi connectivity index (χ1) is 12.3. The molecule has 0 saturated carbocycles. The SMILES string of the molecule is C[C@@H](c1ccccc1)n1c(=O)n(Cc2ccccc2)c2nccnc21. The van der Waals surface area contributed by atoms with Gasteiger partial charge in [0.25, 0.3) is 0 Å². The van der Waals surface area contributed by atoms with E-state index in [2.05, 4.69) is 9.97 Å². The van der Waals surface area contributed by atoms with Crippen molar-refractivity contribution in [2.75, 3.05) is 0 Å². The molecular weight excluding hydrogens is 312 g/mol. The van der Waals surface area contributed by atoms with Crippen LogP contribution < -0.4 is 5.69 Å². The van der Waals surface area contributed by atoms with Crippen molar-refractivity contribution in [2.45, 2.75) is 19.5 Å². The second-order valence-corrected chi connectivity index (χ2v) is 6.01. The van der Waals surface area contributed by atoms with Crippen LogP contribution in [0.4, 0.5) is 0 Å². The van der Waals surface area contributed by atoms with Crippen molar-refractivity contribution in [3.63, 3.8) is 0 Å². The maximum Gasteiger partial charge on any atom is 0.332 e. The number of imidazole rings is 1. The summed E-state index contributed by atoms with van der Waals surface area (Å²) in [5.41, 5.74) is 3.25. The molecule has 1 atom stereocenters. The monoisotopic (exact) mass is 330 g/mol. The zero-order valence-electron chi connectivity index (χ0n) is 13.9. The summed E-state index contributed by atoms with van der Waals surface area (Å²) in [6.45, 7) is 2.49. The lowest BCUT2D eigenvalue weighted by molar-refractivity contribution is 0.602. The summed E-state index contributed by atoms with van der Waals surface area (Å²) in [6.07, 6.45) is 3.25. The minimum Gasteiger partial charge on any atom is -0.270 e. The van der Waals surface area contributed by atoms with E-state index in [1.54, 1.807) is 21.5 Å². The van der Waals surface area contributed by atoms with Crippen LogP contribution in [0.2, 0.25) is 0 Å². The average molecular weight is 330 g/mol. The van der Waals surface area contributed by atoms with Crippen molar-refractivity contribution in [1.29, 1.82) is 0 Å². The molecule has 0 bridgehead atoms. The predicted octanol–water partition coefficient (Wildman–Crippen LogP) is 3.25. The van der Waals surface area contributed by atoms with Gasteiger partial charge in [0.1, 0.15) is 0 Å². The molecule has 4 rings (SSSR count). The van der Waals surface area contributed by atoms with Gasteiger partial charge in [-0.25, -0.2) is 14.8 Å². The van der Waals surface area contributed by atoms with Gasteiger partial charge in [-0.1, -0.05) is 60.7 Å². The number of rotatable bonds is 4. The van der Waals surface area contributed by atoms with E-state index in [-0.39, 0.29) is 11.7 Å². The fraction of sp³-hybridized carbons (Fsp3) is 0.150. The lowest BCUT2D eigenvalue weighted by Gasteiger charge is -2.13. The Morgan fingerprint density at radius 2 is 1.48 bits per heavy atom. The van der Waals surface area contributed by atoms with Crippen molar-refractivity contribution < 1.29 is 0 Å². The van der Waals surface area contributed by atoms with Gasteiger partial charge in [0, 0.05) is 12.4 Å². The maximum absolute atomic E-state index is 13.2. The highest BCUT2D eigenvalue weighted by Crippen LogP contribution is 2.20. The Morgan fingerprint density at radius 3 is 2.16 bits per heavy atom. The topological polar surface area (TPSA) is 52.7 Å². The average Bonchev–Trinajstić information content (AvgIpc) is 2.95. The first-order valence-corrected chi connectivity index (χ1v) is 8.26. The van der Waals surface area contributed by atoms with E-state index >= 15 is 0 Å². The fourth-order valence-corrected chi connectivity index (χ4v) is 3.13. The highest BCUT2D eigenvalue weighted by molar-refractivity contribution is 5.66. The van der Waals surface area contributed by atoms with E-state index in [0.29, 0.717) is 17.8 Å². The van der Waals surface area contributed by atoms with Gasteiger partial charge in [-0.05, 0) is 18.1 Å². The maximum atomic E-state index is 13.2. The molecule has 2 heterocycles. The first-order valence-electron chi connectivity index (χ1n) is 8.26. The molecule has 0 aliphatic rings. The van der Waals surface area contributed by atoms with Crippen LogP contribution in [0.5, 0.6) is 0 Å². The number of benzene rings is 2. The molecule has 5 nitrogen and oxygen atoms in total. The minimum absolute atomic E-state index is 0.0959. The molecule has 4 aromatic rings. The van der Waals surface area contributed by atoms with Crippen molar-refractivity contribution >= 4 is 11.3 Å². The lowest BCUT2D eigenvalue weighted by atomic mass is 10.1. The quantitative estimate of drug-likeness (QED) is 0.577. The summed E-state index contributed by atoms with van der Waals surface area (Å²) in [5, 5.41) is 0. The zero-order chi connectivity index (χ0) is 17.2. The second kappa shape index (κ2) is 6.36. The van der Waals surface area contributed by atoms with E-state index < -0.39 is 0 Å². The van der Waals surface area contributed by atoms with Gasteiger partial charge in [-0.2, -0.15) is 0 Å². The number of nitrogens with zero attached hydrogens (tertiary/aromatic N) is 4. The molecule has 5 heteroatoms. The Morgan fingerprint density at radius 1 is 0.880 bits per heavy atom. The molecule has 0 fully saturated rings. The van der Waals surface area contributed by atoms with Crippen LogP contribution in [0.3, 0.4) is 0 Å². The van der Waals surface area contributed by atoms with E-state index in [1.807, 2.05) is 67.6 Å². The molecule has 0 aliphatic carbocycles. The third kappa shape index (κ3) is 2.74. The molecule has 2 aromatic carbocycles. The van der Waals surface area contributed by atoms with Gasteiger partial charge in [-0.3, -0.25) is 9.13 Å². The number of aromatic nitrogens is 4. The molecule has 124 valence electrons. The summed E-state index contributed by atoms with van der Waals surface area (Å²) in [4.78, 5) is 22.0. The molecule has 2 aromatic heterocycles. The lowest BCUT2D eigenvalue weighted by Crippen LogP contribution is -2.27. The molecular formula is C20H18N4O. The van der Waals surface area contributed by atoms with E-state index in [0.717, 1.165) is 11.1 Å². The Bertz CT molecular complexity index is 1050. The molecule has 0 saturated heterocycles. The summed E-state index contributed by atoms with van der Waals surface area (Å²) >= 11 is 0. The van der Waals surface area contributed by atoms with Gasteiger partial charge >= 0.3 is 5.69 Å². The standard InChI is InChI=1S/C20H18N4O/c1-15(17-10-6-3-7-11-17)24-19-18(21-12-13-22-19)23(20(24)25)14-16-8-4-2-5-9-16/h2-13,15H,14H2,1H3/t15-/m0/s1. The zero-order valence-corrected chi connectivity index (χ0v) is 13.9. The Labute approximate surface area is 145 Å². The third-order valence-electron chi connectivity index (χ3n) is 4.43. The van der Waals surface area contributed by atoms with E-state index in [4.69, 9.17) is 0 Å². The van der Waals surface area contributed by atoms with Crippen LogP contribution in [0.15, 0.2) is 77.9 Å². The van der Waals surface area contributed by atoms with Gasteiger partial charge in [0.2, 0.25) is 0 Å².